The Morgan fingerprint density at radius 3 is 2.63 bits per heavy atom. The molecule has 1 N–H and O–H groups in total. The number of benzene rings is 1. The van der Waals surface area contributed by atoms with Gasteiger partial charge >= 0.3 is 5.97 Å². The fourth-order valence-electron chi connectivity index (χ4n) is 1.66. The number of hydrogen-bond acceptors (Lipinski definition) is 4. The predicted molar refractivity (Wildman–Crippen MR) is 75.2 cm³/mol. The van der Waals surface area contributed by atoms with Crippen LogP contribution in [-0.4, -0.2) is 32.1 Å². The quantitative estimate of drug-likeness (QED) is 0.827. The molecule has 1 aromatic carbocycles. The molecule has 104 valence electrons. The minimum atomic E-state index is -0.386. The Balaban J connectivity index is 2.87. The van der Waals surface area contributed by atoms with Crippen LogP contribution < -0.4 is 10.2 Å². The summed E-state index contributed by atoms with van der Waals surface area (Å²) >= 11 is 0. The Morgan fingerprint density at radius 1 is 1.42 bits per heavy atom. The summed E-state index contributed by atoms with van der Waals surface area (Å²) in [5.41, 5.74) is 1.56. The molecule has 1 aromatic rings. The summed E-state index contributed by atoms with van der Waals surface area (Å²) in [6.07, 6.45) is 0.624. The van der Waals surface area contributed by atoms with Crippen LogP contribution in [-0.2, 0) is 14.3 Å². The molecule has 0 saturated carbocycles. The zero-order valence-electron chi connectivity index (χ0n) is 11.8. The maximum absolute atomic E-state index is 11.5. The number of nitrogens with zero attached hydrogens (tertiary/aromatic N) is 1. The third kappa shape index (κ3) is 3.98. The van der Waals surface area contributed by atoms with Crippen LogP contribution in [0.2, 0.25) is 0 Å². The normalized spacial score (nSPS) is 11.6. The second-order valence-corrected chi connectivity index (χ2v) is 4.26. The van der Waals surface area contributed by atoms with Crippen molar-refractivity contribution in [3.8, 4) is 0 Å². The van der Waals surface area contributed by atoms with Crippen molar-refractivity contribution in [3.63, 3.8) is 0 Å². The van der Waals surface area contributed by atoms with Crippen LogP contribution in [0.4, 0.5) is 11.4 Å². The van der Waals surface area contributed by atoms with Gasteiger partial charge in [-0.3, -0.25) is 4.79 Å². The molecule has 0 spiro atoms. The second-order valence-electron chi connectivity index (χ2n) is 4.26. The van der Waals surface area contributed by atoms with E-state index in [1.165, 1.54) is 14.0 Å². The third-order valence-electron chi connectivity index (χ3n) is 2.94. The Bertz CT molecular complexity index is 460. The number of rotatable bonds is 5. The molecule has 0 bridgehead atoms. The molecule has 1 atom stereocenters. The lowest BCUT2D eigenvalue weighted by Crippen LogP contribution is -2.30. The van der Waals surface area contributed by atoms with Gasteiger partial charge in [-0.15, -0.1) is 0 Å². The molecule has 0 aliphatic carbocycles. The SMILES string of the molecule is CC[C@@H](Nc1cccc(N(C)C(C)=O)c1)C(=O)OC. The highest BCUT2D eigenvalue weighted by Gasteiger charge is 2.16. The summed E-state index contributed by atoms with van der Waals surface area (Å²) in [5.74, 6) is -0.343. The van der Waals surface area contributed by atoms with Crippen LogP contribution in [0.25, 0.3) is 0 Å². The molecule has 0 aliphatic heterocycles. The maximum Gasteiger partial charge on any atom is 0.328 e. The number of carbonyl (C=O) groups excluding carboxylic acids is 2. The van der Waals surface area contributed by atoms with Gasteiger partial charge in [-0.05, 0) is 24.6 Å². The fraction of sp³-hybridized carbons (Fsp3) is 0.429. The van der Waals surface area contributed by atoms with E-state index in [-0.39, 0.29) is 17.9 Å². The smallest absolute Gasteiger partial charge is 0.328 e. The number of nitrogens with one attached hydrogen (secondary N) is 1. The van der Waals surface area contributed by atoms with Crippen molar-refractivity contribution in [1.29, 1.82) is 0 Å². The molecule has 19 heavy (non-hydrogen) atoms. The van der Waals surface area contributed by atoms with Gasteiger partial charge in [-0.25, -0.2) is 4.79 Å². The summed E-state index contributed by atoms with van der Waals surface area (Å²) in [5, 5.41) is 3.10. The zero-order valence-corrected chi connectivity index (χ0v) is 11.8. The molecule has 1 rings (SSSR count). The van der Waals surface area contributed by atoms with Gasteiger partial charge in [0.05, 0.1) is 7.11 Å². The molecule has 0 unspecified atom stereocenters. The lowest BCUT2D eigenvalue weighted by molar-refractivity contribution is -0.141. The van der Waals surface area contributed by atoms with Gasteiger partial charge in [0.2, 0.25) is 5.91 Å². The standard InChI is InChI=1S/C14H20N2O3/c1-5-13(14(18)19-4)15-11-7-6-8-12(9-11)16(3)10(2)17/h6-9,13,15H,5H2,1-4H3/t13-/m1/s1. The van der Waals surface area contributed by atoms with Crippen molar-refractivity contribution in [2.45, 2.75) is 26.3 Å². The largest absolute Gasteiger partial charge is 0.467 e. The fourth-order valence-corrected chi connectivity index (χ4v) is 1.66. The Kier molecular flexibility index (Phi) is 5.36. The van der Waals surface area contributed by atoms with Crippen molar-refractivity contribution in [2.75, 3.05) is 24.4 Å². The van der Waals surface area contributed by atoms with Crippen molar-refractivity contribution in [3.05, 3.63) is 24.3 Å². The van der Waals surface area contributed by atoms with Crippen LogP contribution in [0.1, 0.15) is 20.3 Å². The Hall–Kier alpha value is -2.04. The van der Waals surface area contributed by atoms with Crippen molar-refractivity contribution in [1.82, 2.24) is 0 Å². The van der Waals surface area contributed by atoms with Gasteiger partial charge in [0.15, 0.2) is 0 Å². The number of ether oxygens (including phenoxy) is 1. The van der Waals surface area contributed by atoms with Gasteiger partial charge in [0, 0.05) is 25.3 Å². The third-order valence-corrected chi connectivity index (χ3v) is 2.94. The number of methoxy groups -OCH3 is 1. The number of anilines is 2. The number of esters is 1. The molecule has 0 saturated heterocycles. The number of amides is 1. The predicted octanol–water partition coefficient (Wildman–Crippen LogP) is 2.03. The molecule has 5 heteroatoms. The molecule has 5 nitrogen and oxygen atoms in total. The number of hydrogen-bond donors (Lipinski definition) is 1. The maximum atomic E-state index is 11.5. The van der Waals surface area contributed by atoms with Gasteiger partial charge in [-0.2, -0.15) is 0 Å². The molecule has 0 fully saturated rings. The highest BCUT2D eigenvalue weighted by molar-refractivity contribution is 5.91. The van der Waals surface area contributed by atoms with E-state index in [4.69, 9.17) is 4.74 Å². The highest BCUT2D eigenvalue weighted by Crippen LogP contribution is 2.19. The highest BCUT2D eigenvalue weighted by atomic mass is 16.5. The lowest BCUT2D eigenvalue weighted by Gasteiger charge is -2.19. The van der Waals surface area contributed by atoms with Crippen molar-refractivity contribution in [2.24, 2.45) is 0 Å². The zero-order chi connectivity index (χ0) is 14.4. The molecule has 0 heterocycles. The van der Waals surface area contributed by atoms with E-state index in [0.717, 1.165) is 11.4 Å². The average molecular weight is 264 g/mol. The molecule has 0 aliphatic rings. The summed E-state index contributed by atoms with van der Waals surface area (Å²) in [7, 11) is 3.08. The topological polar surface area (TPSA) is 58.6 Å². The van der Waals surface area contributed by atoms with Gasteiger partial charge in [0.1, 0.15) is 6.04 Å². The van der Waals surface area contributed by atoms with E-state index in [1.54, 1.807) is 11.9 Å². The molecule has 1 amide bonds. The lowest BCUT2D eigenvalue weighted by atomic mass is 10.2. The van der Waals surface area contributed by atoms with E-state index >= 15 is 0 Å². The second kappa shape index (κ2) is 6.78. The Morgan fingerprint density at radius 2 is 2.11 bits per heavy atom. The summed E-state index contributed by atoms with van der Waals surface area (Å²) in [6.45, 7) is 3.41. The van der Waals surface area contributed by atoms with Gasteiger partial charge in [0.25, 0.3) is 0 Å². The van der Waals surface area contributed by atoms with Crippen LogP contribution in [0.3, 0.4) is 0 Å². The van der Waals surface area contributed by atoms with Crippen molar-refractivity contribution < 1.29 is 14.3 Å². The van der Waals surface area contributed by atoms with Crippen LogP contribution in [0.15, 0.2) is 24.3 Å². The first-order chi connectivity index (χ1) is 8.99. The average Bonchev–Trinajstić information content (AvgIpc) is 2.43. The number of carbonyl (C=O) groups is 2. The van der Waals surface area contributed by atoms with Crippen LogP contribution >= 0.6 is 0 Å². The summed E-state index contributed by atoms with van der Waals surface area (Å²) < 4.78 is 4.73. The first-order valence-electron chi connectivity index (χ1n) is 6.18. The molecule has 0 radical (unpaired) electrons. The molecular formula is C14H20N2O3. The molecular weight excluding hydrogens is 244 g/mol. The summed E-state index contributed by atoms with van der Waals surface area (Å²) in [4.78, 5) is 24.4. The monoisotopic (exact) mass is 264 g/mol. The van der Waals surface area contributed by atoms with Gasteiger partial charge < -0.3 is 15.0 Å². The van der Waals surface area contributed by atoms with E-state index in [2.05, 4.69) is 5.32 Å². The molecule has 0 aromatic heterocycles. The Labute approximate surface area is 113 Å². The first kappa shape index (κ1) is 15.0. The summed E-state index contributed by atoms with van der Waals surface area (Å²) in [6, 6.07) is 6.96. The minimum Gasteiger partial charge on any atom is -0.467 e. The van der Waals surface area contributed by atoms with E-state index in [1.807, 2.05) is 31.2 Å². The van der Waals surface area contributed by atoms with E-state index in [0.29, 0.717) is 6.42 Å². The first-order valence-corrected chi connectivity index (χ1v) is 6.18. The van der Waals surface area contributed by atoms with E-state index < -0.39 is 0 Å². The van der Waals surface area contributed by atoms with E-state index in [9.17, 15) is 9.59 Å². The van der Waals surface area contributed by atoms with Gasteiger partial charge in [-0.1, -0.05) is 13.0 Å². The minimum absolute atomic E-state index is 0.0443. The van der Waals surface area contributed by atoms with Crippen molar-refractivity contribution >= 4 is 23.3 Å². The van der Waals surface area contributed by atoms with Crippen LogP contribution in [0, 0.1) is 0 Å². The van der Waals surface area contributed by atoms with Crippen LogP contribution in [0.5, 0.6) is 0 Å².